The summed E-state index contributed by atoms with van der Waals surface area (Å²) < 4.78 is 41.5. The number of nitrogens with zero attached hydrogens (tertiary/aromatic N) is 4. The lowest BCUT2D eigenvalue weighted by molar-refractivity contribution is -0.136. The number of benzene rings is 1. The molecule has 1 atom stereocenters. The summed E-state index contributed by atoms with van der Waals surface area (Å²) in [5.74, 6) is 0.842. The lowest BCUT2D eigenvalue weighted by atomic mass is 9.99. The molecular weight excluding hydrogens is 379 g/mol. The smallest absolute Gasteiger partial charge is 0.323 e. The van der Waals surface area contributed by atoms with E-state index in [2.05, 4.69) is 34.2 Å². The Morgan fingerprint density at radius 1 is 1.26 bits per heavy atom. The van der Waals surface area contributed by atoms with Crippen molar-refractivity contribution < 1.29 is 13.2 Å². The van der Waals surface area contributed by atoms with Gasteiger partial charge in [0.2, 0.25) is 5.95 Å². The third kappa shape index (κ3) is 4.00. The van der Waals surface area contributed by atoms with E-state index in [1.54, 1.807) is 13.1 Å². The van der Waals surface area contributed by atoms with Crippen LogP contribution in [0.5, 0.6) is 0 Å². The summed E-state index contributed by atoms with van der Waals surface area (Å²) in [4.78, 5) is 8.67. The summed E-state index contributed by atoms with van der Waals surface area (Å²) in [7, 11) is 0. The molecule has 0 fully saturated rings. The molecular formula is C18H19ClF3N5. The molecule has 144 valence electrons. The summed E-state index contributed by atoms with van der Waals surface area (Å²) >= 11 is 5.74. The second kappa shape index (κ2) is 7.34. The van der Waals surface area contributed by atoms with Gasteiger partial charge in [-0.2, -0.15) is 27.8 Å². The van der Waals surface area contributed by atoms with Crippen molar-refractivity contribution in [2.45, 2.75) is 45.7 Å². The standard InChI is InChI=1S/C18H19ClF3N5/c1-4-5-10(2)13-9-23-27-16(13)24-11(3)25-17(27)26-15-7-6-12(19)8-14(15)18(20,21)22/h6-10H,4-5H2,1-3H3,(H,24,25,26). The molecule has 0 spiro atoms. The number of aromatic nitrogens is 4. The van der Waals surface area contributed by atoms with Crippen LogP contribution in [0.2, 0.25) is 5.02 Å². The van der Waals surface area contributed by atoms with Crippen molar-refractivity contribution in [3.05, 3.63) is 46.4 Å². The number of anilines is 2. The second-order valence-electron chi connectivity index (χ2n) is 6.43. The van der Waals surface area contributed by atoms with E-state index in [0.717, 1.165) is 24.5 Å². The van der Waals surface area contributed by atoms with Gasteiger partial charge in [0.15, 0.2) is 5.65 Å². The molecule has 2 heterocycles. The van der Waals surface area contributed by atoms with E-state index in [4.69, 9.17) is 11.6 Å². The van der Waals surface area contributed by atoms with Crippen LogP contribution < -0.4 is 5.32 Å². The normalized spacial score (nSPS) is 13.1. The molecule has 3 rings (SSSR count). The molecule has 0 saturated carbocycles. The van der Waals surface area contributed by atoms with E-state index in [0.29, 0.717) is 11.5 Å². The Morgan fingerprint density at radius 3 is 2.67 bits per heavy atom. The van der Waals surface area contributed by atoms with Crippen molar-refractivity contribution in [2.24, 2.45) is 0 Å². The summed E-state index contributed by atoms with van der Waals surface area (Å²) in [6, 6.07) is 3.55. The van der Waals surface area contributed by atoms with Gasteiger partial charge < -0.3 is 5.32 Å². The zero-order valence-electron chi connectivity index (χ0n) is 15.1. The third-order valence-corrected chi connectivity index (χ3v) is 4.53. The SMILES string of the molecule is CCCC(C)c1cnn2c(Nc3ccc(Cl)cc3C(F)(F)F)nc(C)nc12. The molecule has 3 aromatic rings. The van der Waals surface area contributed by atoms with Crippen LogP contribution in [-0.4, -0.2) is 19.6 Å². The van der Waals surface area contributed by atoms with Crippen LogP contribution in [0.1, 0.15) is 49.6 Å². The Hall–Kier alpha value is -2.35. The van der Waals surface area contributed by atoms with Crippen LogP contribution in [0.4, 0.5) is 24.8 Å². The van der Waals surface area contributed by atoms with Crippen LogP contribution in [0.3, 0.4) is 0 Å². The van der Waals surface area contributed by atoms with Crippen LogP contribution in [0, 0.1) is 6.92 Å². The highest BCUT2D eigenvalue weighted by molar-refractivity contribution is 6.30. The first-order valence-electron chi connectivity index (χ1n) is 8.56. The molecule has 0 radical (unpaired) electrons. The number of hydrogen-bond donors (Lipinski definition) is 1. The summed E-state index contributed by atoms with van der Waals surface area (Å²) in [5.41, 5.74) is 0.516. The molecule has 0 bridgehead atoms. The minimum Gasteiger partial charge on any atom is -0.323 e. The van der Waals surface area contributed by atoms with Crippen molar-refractivity contribution >= 4 is 28.9 Å². The van der Waals surface area contributed by atoms with Gasteiger partial charge in [-0.05, 0) is 37.5 Å². The van der Waals surface area contributed by atoms with Crippen molar-refractivity contribution in [3.63, 3.8) is 0 Å². The second-order valence-corrected chi connectivity index (χ2v) is 6.87. The highest BCUT2D eigenvalue weighted by atomic mass is 35.5. The maximum Gasteiger partial charge on any atom is 0.418 e. The fraction of sp³-hybridized carbons (Fsp3) is 0.389. The maximum absolute atomic E-state index is 13.4. The summed E-state index contributed by atoms with van der Waals surface area (Å²) in [6.07, 6.45) is -0.892. The van der Waals surface area contributed by atoms with Gasteiger partial charge in [0, 0.05) is 10.6 Å². The van der Waals surface area contributed by atoms with Crippen molar-refractivity contribution in [3.8, 4) is 0 Å². The predicted octanol–water partition coefficient (Wildman–Crippen LogP) is 5.75. The number of hydrogen-bond acceptors (Lipinski definition) is 4. The van der Waals surface area contributed by atoms with Gasteiger partial charge in [0.05, 0.1) is 17.4 Å². The minimum atomic E-state index is -4.56. The van der Waals surface area contributed by atoms with Crippen LogP contribution >= 0.6 is 11.6 Å². The monoisotopic (exact) mass is 397 g/mol. The van der Waals surface area contributed by atoms with Crippen LogP contribution in [0.25, 0.3) is 5.65 Å². The van der Waals surface area contributed by atoms with E-state index in [-0.39, 0.29) is 22.6 Å². The molecule has 0 saturated heterocycles. The topological polar surface area (TPSA) is 55.1 Å². The number of rotatable bonds is 5. The Labute approximate surface area is 159 Å². The Bertz CT molecular complexity index is 968. The van der Waals surface area contributed by atoms with Gasteiger partial charge in [-0.3, -0.25) is 0 Å². The summed E-state index contributed by atoms with van der Waals surface area (Å²) in [5, 5.41) is 7.04. The molecule has 1 unspecified atom stereocenters. The average molecular weight is 398 g/mol. The van der Waals surface area contributed by atoms with E-state index in [1.165, 1.54) is 16.6 Å². The Morgan fingerprint density at radius 2 is 2.00 bits per heavy atom. The number of aryl methyl sites for hydroxylation is 1. The maximum atomic E-state index is 13.4. The van der Waals surface area contributed by atoms with Crippen LogP contribution in [-0.2, 0) is 6.18 Å². The number of halogens is 4. The first-order chi connectivity index (χ1) is 12.7. The lowest BCUT2D eigenvalue weighted by Gasteiger charge is -2.15. The molecule has 5 nitrogen and oxygen atoms in total. The van der Waals surface area contributed by atoms with Gasteiger partial charge in [0.1, 0.15) is 5.82 Å². The lowest BCUT2D eigenvalue weighted by Crippen LogP contribution is -2.12. The largest absolute Gasteiger partial charge is 0.418 e. The predicted molar refractivity (Wildman–Crippen MR) is 98.6 cm³/mol. The zero-order valence-corrected chi connectivity index (χ0v) is 15.9. The molecule has 0 amide bonds. The highest BCUT2D eigenvalue weighted by Gasteiger charge is 2.34. The van der Waals surface area contributed by atoms with E-state index < -0.39 is 11.7 Å². The molecule has 0 aliphatic carbocycles. The molecule has 1 aromatic carbocycles. The Kier molecular flexibility index (Phi) is 5.28. The zero-order chi connectivity index (χ0) is 19.8. The summed E-state index contributed by atoms with van der Waals surface area (Å²) in [6.45, 7) is 5.86. The van der Waals surface area contributed by atoms with Gasteiger partial charge in [-0.25, -0.2) is 4.98 Å². The van der Waals surface area contributed by atoms with E-state index in [1.807, 2.05) is 0 Å². The van der Waals surface area contributed by atoms with Gasteiger partial charge >= 0.3 is 6.18 Å². The molecule has 0 aliphatic rings. The Balaban J connectivity index is 2.09. The number of alkyl halides is 3. The average Bonchev–Trinajstić information content (AvgIpc) is 2.99. The fourth-order valence-electron chi connectivity index (χ4n) is 3.00. The molecule has 27 heavy (non-hydrogen) atoms. The van der Waals surface area contributed by atoms with Gasteiger partial charge in [0.25, 0.3) is 0 Å². The van der Waals surface area contributed by atoms with Crippen molar-refractivity contribution in [1.82, 2.24) is 19.6 Å². The first kappa shape index (κ1) is 19.4. The van der Waals surface area contributed by atoms with Gasteiger partial charge in [-0.15, -0.1) is 0 Å². The molecule has 9 heteroatoms. The number of fused-ring (bicyclic) bond motifs is 1. The molecule has 1 N–H and O–H groups in total. The molecule has 0 aliphatic heterocycles. The van der Waals surface area contributed by atoms with E-state index in [9.17, 15) is 13.2 Å². The number of nitrogens with one attached hydrogen (secondary N) is 1. The minimum absolute atomic E-state index is 0.00616. The molecule has 2 aromatic heterocycles. The fourth-order valence-corrected chi connectivity index (χ4v) is 3.17. The first-order valence-corrected chi connectivity index (χ1v) is 8.94. The highest BCUT2D eigenvalue weighted by Crippen LogP contribution is 2.37. The van der Waals surface area contributed by atoms with Gasteiger partial charge in [-0.1, -0.05) is 31.9 Å². The quantitative estimate of drug-likeness (QED) is 0.595. The van der Waals surface area contributed by atoms with E-state index >= 15 is 0 Å². The third-order valence-electron chi connectivity index (χ3n) is 4.29. The van der Waals surface area contributed by atoms with Crippen LogP contribution in [0.15, 0.2) is 24.4 Å². The van der Waals surface area contributed by atoms with Crippen molar-refractivity contribution in [2.75, 3.05) is 5.32 Å². The van der Waals surface area contributed by atoms with Crippen molar-refractivity contribution in [1.29, 1.82) is 0 Å².